The third-order valence-corrected chi connectivity index (χ3v) is 8.10. The molecule has 0 unspecified atom stereocenters. The Bertz CT molecular complexity index is 669. The van der Waals surface area contributed by atoms with Crippen LogP contribution in [0.25, 0.3) is 0 Å². The molecule has 0 aliphatic heterocycles. The van der Waals surface area contributed by atoms with Gasteiger partial charge in [-0.05, 0) is 0 Å². The minimum absolute atomic E-state index is 0. The largest absolute Gasteiger partial charge is 1.00 e. The summed E-state index contributed by atoms with van der Waals surface area (Å²) in [5, 5.41) is 2.98. The van der Waals surface area contributed by atoms with Crippen LogP contribution in [0.1, 0.15) is 25.7 Å². The second-order valence-corrected chi connectivity index (χ2v) is 22.4. The molecule has 0 atom stereocenters. The number of rotatable bonds is 2. The molecular formula is C30H50Cl2Hf2Si4-6. The Hall–Kier alpha value is 1.11. The van der Waals surface area contributed by atoms with Crippen molar-refractivity contribution < 1.29 is 76.5 Å². The van der Waals surface area contributed by atoms with E-state index in [1.165, 1.54) is 10.4 Å². The molecule has 4 aliphatic carbocycles. The van der Waals surface area contributed by atoms with E-state index in [1.807, 2.05) is 24.3 Å². The summed E-state index contributed by atoms with van der Waals surface area (Å²) < 4.78 is 0. The first-order valence-electron chi connectivity index (χ1n) is 12.5. The molecule has 0 spiro atoms. The van der Waals surface area contributed by atoms with Crippen molar-refractivity contribution in [2.45, 2.75) is 91.2 Å². The smallest absolute Gasteiger partial charge is 0.0393 e. The van der Waals surface area contributed by atoms with E-state index in [0.717, 1.165) is 44.7 Å². The number of allylic oxidation sites excluding steroid dienone is 16. The first-order chi connectivity index (χ1) is 16.0. The molecule has 4 rings (SSSR count). The minimum Gasteiger partial charge on any atom is -1.00 e. The standard InChI is InChI=1S/2C8H13Si.2C5H5.2C2H7Si.2ClH.2Hf/c2*1-9(2,3)8-6-4-5-7-8;2*1-2-4-5-3-1;2*1-3-2;;;;/h2*4,6H,5H2,1-3H3;2*1-3H,4H2;2*3H,1-2H3;2*1H;;/q4*-1;;;;;;/p-2. The van der Waals surface area contributed by atoms with E-state index in [1.54, 1.807) is 0 Å². The van der Waals surface area contributed by atoms with E-state index in [-0.39, 0.29) is 76.5 Å². The zero-order valence-electron chi connectivity index (χ0n) is 25.5. The topological polar surface area (TPSA) is 0 Å². The Morgan fingerprint density at radius 2 is 0.842 bits per heavy atom. The third-order valence-electron chi connectivity index (χ3n) is 4.18. The van der Waals surface area contributed by atoms with E-state index in [9.17, 15) is 0 Å². The van der Waals surface area contributed by atoms with Crippen molar-refractivity contribution in [2.75, 3.05) is 0 Å². The SMILES string of the molecule is C[SiH]C.C[SiH]C.C[Si](C)(C)C1=[C-]CC=C1.C[Si](C)(C)C1=[C-]CC=C1.[C-]1=CC=CC1.[C-]1=CC=CC1.[Cl-].[Cl-].[Hf].[Hf]. The van der Waals surface area contributed by atoms with E-state index in [2.05, 4.69) is 126 Å². The predicted molar refractivity (Wildman–Crippen MR) is 169 cm³/mol. The fraction of sp³-hybridized carbons (Fsp3) is 0.467. The van der Waals surface area contributed by atoms with Gasteiger partial charge in [0.1, 0.15) is 0 Å². The van der Waals surface area contributed by atoms with Gasteiger partial charge in [-0.3, -0.25) is 24.3 Å². The molecule has 0 bridgehead atoms. The molecule has 0 nitrogen and oxygen atoms in total. The molecule has 0 heterocycles. The summed E-state index contributed by atoms with van der Waals surface area (Å²) >= 11 is 0. The van der Waals surface area contributed by atoms with Crippen molar-refractivity contribution in [1.29, 1.82) is 0 Å². The maximum absolute atomic E-state index is 3.36. The van der Waals surface area contributed by atoms with Gasteiger partial charge in [-0.15, -0.1) is 25.7 Å². The molecule has 0 saturated heterocycles. The fourth-order valence-corrected chi connectivity index (χ4v) is 5.02. The van der Waals surface area contributed by atoms with Crippen molar-refractivity contribution in [1.82, 2.24) is 0 Å². The quantitative estimate of drug-likeness (QED) is 0.296. The van der Waals surface area contributed by atoms with Crippen LogP contribution in [0.4, 0.5) is 0 Å². The molecule has 0 aromatic heterocycles. The van der Waals surface area contributed by atoms with Crippen molar-refractivity contribution in [3.05, 3.63) is 95.5 Å². The average molecular weight is 951 g/mol. The minimum atomic E-state index is -1.01. The molecule has 0 saturated carbocycles. The van der Waals surface area contributed by atoms with Gasteiger partial charge in [0, 0.05) is 86.9 Å². The summed E-state index contributed by atoms with van der Waals surface area (Å²) in [6, 6.07) is 0. The molecule has 214 valence electrons. The van der Waals surface area contributed by atoms with E-state index in [4.69, 9.17) is 0 Å². The Balaban J connectivity index is -0.0000000830. The number of halogens is 2. The Kier molecular flexibility index (Phi) is 46.8. The van der Waals surface area contributed by atoms with Crippen LogP contribution in [0.2, 0.25) is 65.5 Å². The summed E-state index contributed by atoms with van der Waals surface area (Å²) in [7, 11) is -0.511. The van der Waals surface area contributed by atoms with Crippen LogP contribution in [0.5, 0.6) is 0 Å². The van der Waals surface area contributed by atoms with Crippen LogP contribution in [0.3, 0.4) is 0 Å². The Morgan fingerprint density at radius 3 is 0.921 bits per heavy atom. The van der Waals surface area contributed by atoms with Gasteiger partial charge >= 0.3 is 0 Å². The normalized spacial score (nSPS) is 14.3. The molecule has 38 heavy (non-hydrogen) atoms. The van der Waals surface area contributed by atoms with Gasteiger partial charge in [0.2, 0.25) is 0 Å². The van der Waals surface area contributed by atoms with Crippen molar-refractivity contribution in [3.8, 4) is 0 Å². The van der Waals surface area contributed by atoms with Gasteiger partial charge in [-0.25, -0.2) is 46.8 Å². The van der Waals surface area contributed by atoms with Crippen molar-refractivity contribution in [3.63, 3.8) is 0 Å². The van der Waals surface area contributed by atoms with Gasteiger partial charge in [-0.1, -0.05) is 65.5 Å². The van der Waals surface area contributed by atoms with Gasteiger partial charge in [0.05, 0.1) is 0 Å². The van der Waals surface area contributed by atoms with Crippen molar-refractivity contribution >= 4 is 35.2 Å². The Labute approximate surface area is 295 Å². The maximum Gasteiger partial charge on any atom is 0.0393 e. The molecule has 0 amide bonds. The van der Waals surface area contributed by atoms with Gasteiger partial charge in [-0.2, -0.15) is 24.3 Å². The first-order valence-corrected chi connectivity index (χ1v) is 24.1. The summed E-state index contributed by atoms with van der Waals surface area (Å²) in [6.45, 7) is 22.9. The molecule has 0 aromatic rings. The zero-order chi connectivity index (χ0) is 26.3. The van der Waals surface area contributed by atoms with Crippen molar-refractivity contribution in [2.24, 2.45) is 0 Å². The Morgan fingerprint density at radius 1 is 0.553 bits per heavy atom. The third kappa shape index (κ3) is 35.1. The summed E-state index contributed by atoms with van der Waals surface area (Å²) in [6.07, 6.45) is 37.6. The summed E-state index contributed by atoms with van der Waals surface area (Å²) in [4.78, 5) is 0. The average Bonchev–Trinajstić information content (AvgIpc) is 3.59. The summed E-state index contributed by atoms with van der Waals surface area (Å²) in [5.74, 6) is 0. The van der Waals surface area contributed by atoms with Crippen LogP contribution < -0.4 is 24.8 Å². The second-order valence-electron chi connectivity index (χ2n) is 10.1. The second kappa shape index (κ2) is 34.3. The van der Waals surface area contributed by atoms with Gasteiger partial charge in [0.25, 0.3) is 0 Å². The van der Waals surface area contributed by atoms with Crippen LogP contribution >= 0.6 is 0 Å². The molecule has 0 N–H and O–H groups in total. The summed E-state index contributed by atoms with van der Waals surface area (Å²) in [5.41, 5.74) is 0. The maximum atomic E-state index is 3.36. The number of hydrogen-bond donors (Lipinski definition) is 0. The van der Waals surface area contributed by atoms with Crippen LogP contribution in [-0.2, 0) is 51.7 Å². The monoisotopic (exact) mass is 952 g/mol. The van der Waals surface area contributed by atoms with Gasteiger partial charge in [0.15, 0.2) is 0 Å². The van der Waals surface area contributed by atoms with Gasteiger partial charge < -0.3 is 24.8 Å². The zero-order valence-corrected chi connectivity index (χ0v) is 38.5. The molecule has 0 aromatic carbocycles. The molecule has 2 radical (unpaired) electrons. The van der Waals surface area contributed by atoms with Crippen LogP contribution in [0, 0.1) is 24.3 Å². The first kappa shape index (κ1) is 51.8. The van der Waals surface area contributed by atoms with E-state index < -0.39 is 16.1 Å². The van der Waals surface area contributed by atoms with E-state index >= 15 is 0 Å². The van der Waals surface area contributed by atoms with Crippen LogP contribution in [-0.4, -0.2) is 35.2 Å². The molecular weight excluding hydrogens is 901 g/mol. The number of hydrogen-bond acceptors (Lipinski definition) is 0. The fourth-order valence-electron chi connectivity index (χ4n) is 2.52. The molecule has 4 aliphatic rings. The van der Waals surface area contributed by atoms with Crippen LogP contribution in [0.15, 0.2) is 71.2 Å². The van der Waals surface area contributed by atoms with E-state index in [0.29, 0.717) is 0 Å². The molecule has 8 heteroatoms. The predicted octanol–water partition coefficient (Wildman–Crippen LogP) is 2.76. The molecule has 0 fully saturated rings.